The van der Waals surface area contributed by atoms with Crippen molar-refractivity contribution in [3.05, 3.63) is 41.7 Å². The Labute approximate surface area is 140 Å². The summed E-state index contributed by atoms with van der Waals surface area (Å²) in [6.07, 6.45) is 2.51. The molecule has 0 atom stereocenters. The first-order valence-corrected chi connectivity index (χ1v) is 8.45. The van der Waals surface area contributed by atoms with Crippen LogP contribution in [0.1, 0.15) is 24.1 Å². The zero-order valence-corrected chi connectivity index (χ0v) is 14.1. The Kier molecular flexibility index (Phi) is 3.93. The first-order chi connectivity index (χ1) is 11.7. The Balaban J connectivity index is 1.44. The second kappa shape index (κ2) is 6.24. The zero-order valence-electron chi connectivity index (χ0n) is 14.1. The van der Waals surface area contributed by atoms with E-state index in [1.807, 2.05) is 11.4 Å². The monoisotopic (exact) mass is 326 g/mol. The van der Waals surface area contributed by atoms with Crippen LogP contribution in [0.2, 0.25) is 0 Å². The molecule has 4 heterocycles. The molecule has 24 heavy (non-hydrogen) atoms. The molecule has 0 amide bonds. The van der Waals surface area contributed by atoms with Crippen LogP contribution >= 0.6 is 0 Å². The Morgan fingerprint density at radius 1 is 1.12 bits per heavy atom. The van der Waals surface area contributed by atoms with Gasteiger partial charge in [-0.15, -0.1) is 0 Å². The topological polar surface area (TPSA) is 62.7 Å². The predicted octanol–water partition coefficient (Wildman–Crippen LogP) is 1.91. The fourth-order valence-electron chi connectivity index (χ4n) is 3.19. The molecule has 0 unspecified atom stereocenters. The van der Waals surface area contributed by atoms with E-state index in [9.17, 15) is 0 Å². The maximum absolute atomic E-state index is 5.82. The maximum Gasteiger partial charge on any atom is 0.254 e. The molecule has 0 radical (unpaired) electrons. The van der Waals surface area contributed by atoms with Gasteiger partial charge in [0.1, 0.15) is 23.7 Å². The van der Waals surface area contributed by atoms with Gasteiger partial charge >= 0.3 is 0 Å². The summed E-state index contributed by atoms with van der Waals surface area (Å²) in [7, 11) is 0. The largest absolute Gasteiger partial charge is 0.465 e. The number of piperazine rings is 1. The molecule has 126 valence electrons. The lowest BCUT2D eigenvalue weighted by Crippen LogP contribution is -2.46. The van der Waals surface area contributed by atoms with E-state index in [-0.39, 0.29) is 0 Å². The van der Waals surface area contributed by atoms with Crippen LogP contribution in [0, 0.1) is 6.92 Å². The first kappa shape index (κ1) is 15.1. The maximum atomic E-state index is 5.82. The van der Waals surface area contributed by atoms with Gasteiger partial charge in [-0.3, -0.25) is 4.90 Å². The summed E-state index contributed by atoms with van der Waals surface area (Å²) in [6, 6.07) is 6.25. The van der Waals surface area contributed by atoms with Crippen LogP contribution in [0.3, 0.4) is 0 Å². The minimum atomic E-state index is 0.662. The van der Waals surface area contributed by atoms with Crippen molar-refractivity contribution < 1.29 is 4.42 Å². The van der Waals surface area contributed by atoms with Crippen LogP contribution in [-0.4, -0.2) is 50.7 Å². The molecule has 1 saturated heterocycles. The van der Waals surface area contributed by atoms with Gasteiger partial charge in [0.2, 0.25) is 0 Å². The minimum absolute atomic E-state index is 0.662. The fourth-order valence-corrected chi connectivity index (χ4v) is 3.19. The number of aromatic nitrogens is 4. The van der Waals surface area contributed by atoms with Crippen LogP contribution in [-0.2, 0) is 13.0 Å². The highest BCUT2D eigenvalue weighted by Crippen LogP contribution is 2.19. The second-order valence-corrected chi connectivity index (χ2v) is 6.21. The van der Waals surface area contributed by atoms with Crippen LogP contribution in [0.15, 0.2) is 28.9 Å². The molecule has 0 bridgehead atoms. The molecular formula is C17H22N6O. The van der Waals surface area contributed by atoms with Gasteiger partial charge < -0.3 is 9.32 Å². The molecule has 1 fully saturated rings. The average molecular weight is 326 g/mol. The van der Waals surface area contributed by atoms with Crippen molar-refractivity contribution in [2.45, 2.75) is 26.8 Å². The van der Waals surface area contributed by atoms with E-state index in [0.29, 0.717) is 5.78 Å². The lowest BCUT2D eigenvalue weighted by Gasteiger charge is -2.35. The van der Waals surface area contributed by atoms with Crippen LogP contribution < -0.4 is 4.90 Å². The second-order valence-electron chi connectivity index (χ2n) is 6.21. The van der Waals surface area contributed by atoms with Gasteiger partial charge in [0.25, 0.3) is 5.78 Å². The summed E-state index contributed by atoms with van der Waals surface area (Å²) < 4.78 is 7.65. The molecule has 4 rings (SSSR count). The number of nitrogens with zero attached hydrogens (tertiary/aromatic N) is 6. The average Bonchev–Trinajstić information content (AvgIpc) is 3.23. The molecular weight excluding hydrogens is 304 g/mol. The number of anilines is 1. The highest BCUT2D eigenvalue weighted by Gasteiger charge is 2.21. The third kappa shape index (κ3) is 2.87. The summed E-state index contributed by atoms with van der Waals surface area (Å²) in [6.45, 7) is 8.90. The molecule has 0 spiro atoms. The van der Waals surface area contributed by atoms with Crippen molar-refractivity contribution in [3.8, 4) is 0 Å². The predicted molar refractivity (Wildman–Crippen MR) is 91.1 cm³/mol. The van der Waals surface area contributed by atoms with E-state index in [1.165, 1.54) is 0 Å². The molecule has 0 aliphatic carbocycles. The van der Waals surface area contributed by atoms with E-state index in [1.54, 1.807) is 6.33 Å². The molecule has 7 heteroatoms. The van der Waals surface area contributed by atoms with Crippen molar-refractivity contribution in [3.63, 3.8) is 0 Å². The normalized spacial score (nSPS) is 16.2. The molecule has 3 aromatic heterocycles. The molecule has 3 aromatic rings. The van der Waals surface area contributed by atoms with Gasteiger partial charge in [0.15, 0.2) is 0 Å². The number of hydrogen-bond acceptors (Lipinski definition) is 6. The first-order valence-electron chi connectivity index (χ1n) is 8.45. The molecule has 0 N–H and O–H groups in total. The number of furan rings is 1. The lowest BCUT2D eigenvalue weighted by atomic mass is 10.3. The lowest BCUT2D eigenvalue weighted by molar-refractivity contribution is 0.228. The third-order valence-electron chi connectivity index (χ3n) is 4.50. The molecule has 7 nitrogen and oxygen atoms in total. The zero-order chi connectivity index (χ0) is 16.5. The fraction of sp³-hybridized carbons (Fsp3) is 0.471. The highest BCUT2D eigenvalue weighted by molar-refractivity contribution is 5.47. The number of aryl methyl sites for hydroxylation is 2. The van der Waals surface area contributed by atoms with E-state index in [4.69, 9.17) is 4.42 Å². The Bertz CT molecular complexity index is 831. The highest BCUT2D eigenvalue weighted by atomic mass is 16.3. The van der Waals surface area contributed by atoms with Gasteiger partial charge in [-0.1, -0.05) is 6.92 Å². The Hall–Kier alpha value is -2.41. The van der Waals surface area contributed by atoms with Crippen molar-refractivity contribution in [2.75, 3.05) is 31.1 Å². The van der Waals surface area contributed by atoms with Crippen LogP contribution in [0.25, 0.3) is 5.78 Å². The van der Waals surface area contributed by atoms with Crippen LogP contribution in [0.5, 0.6) is 0 Å². The third-order valence-corrected chi connectivity index (χ3v) is 4.50. The van der Waals surface area contributed by atoms with Crippen molar-refractivity contribution in [2.24, 2.45) is 0 Å². The van der Waals surface area contributed by atoms with Crippen molar-refractivity contribution >= 4 is 11.6 Å². The summed E-state index contributed by atoms with van der Waals surface area (Å²) in [5.74, 6) is 3.85. The van der Waals surface area contributed by atoms with Crippen LogP contribution in [0.4, 0.5) is 5.82 Å². The SMILES string of the molecule is CCc1ccc(CN2CCN(c3cc(C)nc4ncnn34)CC2)o1. The Morgan fingerprint density at radius 3 is 2.67 bits per heavy atom. The number of rotatable bonds is 4. The Morgan fingerprint density at radius 2 is 1.92 bits per heavy atom. The number of hydrogen-bond donors (Lipinski definition) is 0. The summed E-state index contributed by atoms with van der Waals surface area (Å²) in [5, 5.41) is 4.31. The smallest absolute Gasteiger partial charge is 0.254 e. The van der Waals surface area contributed by atoms with Gasteiger partial charge in [-0.2, -0.15) is 14.6 Å². The molecule has 1 aliphatic rings. The molecule has 1 aliphatic heterocycles. The van der Waals surface area contributed by atoms with Gasteiger partial charge in [0.05, 0.1) is 6.54 Å². The van der Waals surface area contributed by atoms with Gasteiger partial charge in [-0.25, -0.2) is 4.98 Å². The van der Waals surface area contributed by atoms with Gasteiger partial charge in [-0.05, 0) is 19.1 Å². The standard InChI is InChI=1S/C17H22N6O/c1-3-14-4-5-15(24-14)11-21-6-8-22(9-7-21)16-10-13(2)20-17-18-12-19-23(16)17/h4-5,10,12H,3,6-9,11H2,1-2H3. The van der Waals surface area contributed by atoms with E-state index in [2.05, 4.69) is 50.0 Å². The quantitative estimate of drug-likeness (QED) is 0.730. The minimum Gasteiger partial charge on any atom is -0.465 e. The van der Waals surface area contributed by atoms with E-state index >= 15 is 0 Å². The summed E-state index contributed by atoms with van der Waals surface area (Å²) in [5.41, 5.74) is 0.968. The van der Waals surface area contributed by atoms with Crippen molar-refractivity contribution in [1.82, 2.24) is 24.5 Å². The number of fused-ring (bicyclic) bond motifs is 1. The summed E-state index contributed by atoms with van der Waals surface area (Å²) in [4.78, 5) is 13.4. The summed E-state index contributed by atoms with van der Waals surface area (Å²) >= 11 is 0. The van der Waals surface area contributed by atoms with E-state index in [0.717, 1.165) is 62.2 Å². The van der Waals surface area contributed by atoms with E-state index < -0.39 is 0 Å². The molecule has 0 saturated carbocycles. The van der Waals surface area contributed by atoms with Gasteiger partial charge in [0, 0.05) is 44.4 Å². The molecule has 0 aromatic carbocycles. The van der Waals surface area contributed by atoms with Crippen molar-refractivity contribution in [1.29, 1.82) is 0 Å².